The molecule has 4 fully saturated rings. The van der Waals surface area contributed by atoms with Crippen LogP contribution in [0.25, 0.3) is 0 Å². The molecule has 220 valence electrons. The zero-order valence-corrected chi connectivity index (χ0v) is 24.1. The maximum Gasteiger partial charge on any atom is 0.406 e. The molecule has 0 aromatic heterocycles. The van der Waals surface area contributed by atoms with Crippen molar-refractivity contribution >= 4 is 15.9 Å². The maximum absolute atomic E-state index is 14.5. The number of amides is 1. The third-order valence-corrected chi connectivity index (χ3v) is 11.3. The monoisotopic (exact) mass is 564 g/mol. The summed E-state index contributed by atoms with van der Waals surface area (Å²) in [4.78, 5) is 15.4. The minimum Gasteiger partial charge on any atom is -0.343 e. The predicted octanol–water partition coefficient (Wildman–Crippen LogP) is 4.26. The van der Waals surface area contributed by atoms with Crippen LogP contribution >= 0.6 is 0 Å². The van der Waals surface area contributed by atoms with Crippen LogP contribution in [0.15, 0.2) is 0 Å². The minimum atomic E-state index is -4.52. The molecule has 0 radical (unpaired) electrons. The van der Waals surface area contributed by atoms with E-state index >= 15 is 0 Å². The Hall–Kier alpha value is -0.910. The Balaban J connectivity index is 1.70. The van der Waals surface area contributed by atoms with Crippen molar-refractivity contribution in [3.05, 3.63) is 0 Å². The number of hydrogen-bond acceptors (Lipinski definition) is 5. The summed E-state index contributed by atoms with van der Waals surface area (Å²) < 4.78 is 69.2. The number of halogens is 3. The topological polar surface area (TPSA) is 73.0 Å². The quantitative estimate of drug-likeness (QED) is 0.522. The first-order valence-corrected chi connectivity index (χ1v) is 16.7. The van der Waals surface area contributed by atoms with Gasteiger partial charge in [0.05, 0.1) is 12.2 Å². The molecule has 0 aromatic rings. The van der Waals surface area contributed by atoms with Gasteiger partial charge in [-0.2, -0.15) is 13.2 Å². The lowest BCUT2D eigenvalue weighted by atomic mass is 9.61. The van der Waals surface area contributed by atoms with Gasteiger partial charge in [-0.25, -0.2) is 23.2 Å². The maximum atomic E-state index is 14.5. The molecule has 11 heteroatoms. The number of nitrogens with one attached hydrogen (secondary N) is 1. The number of sulfonamides is 1. The van der Waals surface area contributed by atoms with Crippen molar-refractivity contribution in [1.82, 2.24) is 19.6 Å². The molecule has 0 aromatic carbocycles. The first-order chi connectivity index (χ1) is 18.0. The standard InChI is InChI=1S/C27H47F3N4O3S/c1-4-32(5-2)26(35)23-24-22(20-11-9-7-6-8-10-12-20)21(15-18-34(24)31-25(23)27(28,29)30)19-13-16-33(17-14-19)38(3,36)37/h19-25,31H,4-18H2,1-3H3. The summed E-state index contributed by atoms with van der Waals surface area (Å²) in [6, 6.07) is -2.37. The molecule has 38 heavy (non-hydrogen) atoms. The molecule has 4 aliphatic rings. The molecule has 0 spiro atoms. The van der Waals surface area contributed by atoms with Gasteiger partial charge in [0.15, 0.2) is 0 Å². The zero-order chi connectivity index (χ0) is 27.7. The highest BCUT2D eigenvalue weighted by Crippen LogP contribution is 2.51. The largest absolute Gasteiger partial charge is 0.406 e. The van der Waals surface area contributed by atoms with Crippen molar-refractivity contribution in [3.8, 4) is 0 Å². The number of carbonyl (C=O) groups is 1. The van der Waals surface area contributed by atoms with Gasteiger partial charge in [0.25, 0.3) is 0 Å². The van der Waals surface area contributed by atoms with Crippen LogP contribution in [0.5, 0.6) is 0 Å². The fraction of sp³-hybridized carbons (Fsp3) is 0.963. The molecule has 1 saturated carbocycles. The highest BCUT2D eigenvalue weighted by atomic mass is 32.2. The van der Waals surface area contributed by atoms with E-state index in [1.54, 1.807) is 9.91 Å². The number of rotatable bonds is 6. The summed E-state index contributed by atoms with van der Waals surface area (Å²) in [5.74, 6) is -0.823. The van der Waals surface area contributed by atoms with Gasteiger partial charge < -0.3 is 4.90 Å². The summed E-state index contributed by atoms with van der Waals surface area (Å²) in [5, 5.41) is 1.79. The number of piperidine rings is 2. The second-order valence-electron chi connectivity index (χ2n) is 12.0. The van der Waals surface area contributed by atoms with E-state index in [2.05, 4.69) is 5.43 Å². The SMILES string of the molecule is CCN(CC)C(=O)C1C2C(C3CCCCCCC3)C(C3CCN(S(C)(=O)=O)CC3)CCN2NC1C(F)(F)F. The van der Waals surface area contributed by atoms with Crippen LogP contribution in [0.1, 0.15) is 78.1 Å². The van der Waals surface area contributed by atoms with Crippen LogP contribution in [-0.4, -0.2) is 85.8 Å². The Kier molecular flexibility index (Phi) is 9.73. The summed E-state index contributed by atoms with van der Waals surface area (Å²) in [7, 11) is -3.26. The molecule has 1 amide bonds. The van der Waals surface area contributed by atoms with Gasteiger partial charge in [0.2, 0.25) is 15.9 Å². The number of alkyl halides is 3. The van der Waals surface area contributed by atoms with Crippen LogP contribution in [0.2, 0.25) is 0 Å². The first-order valence-electron chi connectivity index (χ1n) is 14.8. The van der Waals surface area contributed by atoms with Crippen LogP contribution in [-0.2, 0) is 14.8 Å². The molecule has 3 saturated heterocycles. The summed E-state index contributed by atoms with van der Waals surface area (Å²) >= 11 is 0. The van der Waals surface area contributed by atoms with Crippen molar-refractivity contribution in [1.29, 1.82) is 0 Å². The van der Waals surface area contributed by atoms with Crippen molar-refractivity contribution in [2.75, 3.05) is 39.0 Å². The van der Waals surface area contributed by atoms with E-state index in [9.17, 15) is 26.4 Å². The molecule has 1 N–H and O–H groups in total. The summed E-state index contributed by atoms with van der Waals surface area (Å²) in [6.07, 6.45) is 6.65. The van der Waals surface area contributed by atoms with E-state index in [4.69, 9.17) is 0 Å². The lowest BCUT2D eigenvalue weighted by Gasteiger charge is -2.51. The van der Waals surface area contributed by atoms with Crippen LogP contribution < -0.4 is 5.43 Å². The fourth-order valence-electron chi connectivity index (χ4n) is 8.13. The normalized spacial score (nSPS) is 33.5. The van der Waals surface area contributed by atoms with Crippen LogP contribution in [0.4, 0.5) is 13.2 Å². The lowest BCUT2D eigenvalue weighted by Crippen LogP contribution is -2.57. The van der Waals surface area contributed by atoms with Gasteiger partial charge in [0.1, 0.15) is 6.04 Å². The van der Waals surface area contributed by atoms with E-state index in [1.165, 1.54) is 17.0 Å². The molecular weight excluding hydrogens is 517 g/mol. The smallest absolute Gasteiger partial charge is 0.343 e. The Morgan fingerprint density at radius 1 is 0.895 bits per heavy atom. The van der Waals surface area contributed by atoms with Crippen molar-refractivity contribution in [2.24, 2.45) is 29.6 Å². The highest BCUT2D eigenvalue weighted by molar-refractivity contribution is 7.88. The van der Waals surface area contributed by atoms with Crippen LogP contribution in [0, 0.1) is 29.6 Å². The van der Waals surface area contributed by atoms with Gasteiger partial charge in [-0.1, -0.05) is 44.9 Å². The van der Waals surface area contributed by atoms with Crippen molar-refractivity contribution in [3.63, 3.8) is 0 Å². The average Bonchev–Trinajstić information content (AvgIpc) is 3.24. The molecule has 3 heterocycles. The van der Waals surface area contributed by atoms with Gasteiger partial charge in [-0.15, -0.1) is 0 Å². The summed E-state index contributed by atoms with van der Waals surface area (Å²) in [6.45, 7) is 5.87. The van der Waals surface area contributed by atoms with Gasteiger partial charge in [-0.3, -0.25) is 4.79 Å². The van der Waals surface area contributed by atoms with Gasteiger partial charge >= 0.3 is 6.18 Å². The molecule has 5 unspecified atom stereocenters. The second-order valence-corrected chi connectivity index (χ2v) is 14.0. The Labute approximate surface area is 226 Å². The number of hydrogen-bond donors (Lipinski definition) is 1. The van der Waals surface area contributed by atoms with Gasteiger partial charge in [-0.05, 0) is 56.8 Å². The Morgan fingerprint density at radius 3 is 2.00 bits per heavy atom. The predicted molar refractivity (Wildman–Crippen MR) is 141 cm³/mol. The number of nitrogens with zero attached hydrogens (tertiary/aromatic N) is 3. The third-order valence-electron chi connectivity index (χ3n) is 9.96. The fourth-order valence-corrected chi connectivity index (χ4v) is 9.00. The van der Waals surface area contributed by atoms with E-state index in [0.717, 1.165) is 57.8 Å². The molecule has 5 atom stereocenters. The molecule has 1 aliphatic carbocycles. The van der Waals surface area contributed by atoms with E-state index in [0.29, 0.717) is 32.7 Å². The highest BCUT2D eigenvalue weighted by Gasteiger charge is 2.62. The molecule has 3 aliphatic heterocycles. The van der Waals surface area contributed by atoms with E-state index in [-0.39, 0.29) is 29.6 Å². The molecule has 4 rings (SSSR count). The molecule has 7 nitrogen and oxygen atoms in total. The average molecular weight is 565 g/mol. The van der Waals surface area contributed by atoms with Crippen LogP contribution in [0.3, 0.4) is 0 Å². The number of fused-ring (bicyclic) bond motifs is 1. The van der Waals surface area contributed by atoms with E-state index < -0.39 is 34.2 Å². The van der Waals surface area contributed by atoms with Crippen molar-refractivity contribution in [2.45, 2.75) is 96.3 Å². The minimum absolute atomic E-state index is 0.0130. The summed E-state index contributed by atoms with van der Waals surface area (Å²) in [5.41, 5.74) is 2.79. The number of hydrazine groups is 1. The lowest BCUT2D eigenvalue weighted by molar-refractivity contribution is -0.172. The first kappa shape index (κ1) is 30.1. The van der Waals surface area contributed by atoms with Gasteiger partial charge in [0, 0.05) is 38.8 Å². The Morgan fingerprint density at radius 2 is 1.47 bits per heavy atom. The molecule has 0 bridgehead atoms. The zero-order valence-electron chi connectivity index (χ0n) is 23.3. The second kappa shape index (κ2) is 12.3. The van der Waals surface area contributed by atoms with E-state index in [1.807, 2.05) is 13.8 Å². The molecular formula is C27H47F3N4O3S. The van der Waals surface area contributed by atoms with Crippen molar-refractivity contribution < 1.29 is 26.4 Å². The Bertz CT molecular complexity index is 898. The third kappa shape index (κ3) is 6.36. The number of carbonyl (C=O) groups excluding carboxylic acids is 1.